The SMILES string of the molecule is COc1ccc([C@H](CC(=O)O)N2CC(CCCCc3ccc4c(n3)NCCC4)C2)cc1F. The largest absolute Gasteiger partial charge is 0.494 e. The zero-order valence-corrected chi connectivity index (χ0v) is 18.6. The fourth-order valence-corrected chi connectivity index (χ4v) is 4.81. The standard InChI is InChI=1S/C25H32FN3O3/c1-32-23-11-9-19(13-21(23)26)22(14-24(30)31)29-15-17(16-29)5-2-3-7-20-10-8-18-6-4-12-27-25(18)28-20/h8-11,13,17,22H,2-7,12,14-16H2,1H3,(H,27,28)(H,30,31)/t22-/m0/s1. The van der Waals surface area contributed by atoms with Gasteiger partial charge in [-0.15, -0.1) is 0 Å². The summed E-state index contributed by atoms with van der Waals surface area (Å²) in [5.41, 5.74) is 3.16. The third kappa shape index (κ3) is 5.38. The summed E-state index contributed by atoms with van der Waals surface area (Å²) in [5, 5.41) is 12.7. The Hall–Kier alpha value is -2.67. The average molecular weight is 442 g/mol. The average Bonchev–Trinajstić information content (AvgIpc) is 2.76. The number of fused-ring (bicyclic) bond motifs is 1. The quantitative estimate of drug-likeness (QED) is 0.531. The Morgan fingerprint density at radius 2 is 2.16 bits per heavy atom. The molecule has 1 saturated heterocycles. The molecule has 172 valence electrons. The summed E-state index contributed by atoms with van der Waals surface area (Å²) in [4.78, 5) is 18.3. The number of nitrogens with one attached hydrogen (secondary N) is 1. The number of rotatable bonds is 10. The summed E-state index contributed by atoms with van der Waals surface area (Å²) in [5.74, 6) is 0.467. The van der Waals surface area contributed by atoms with Gasteiger partial charge in [0.1, 0.15) is 5.82 Å². The molecule has 32 heavy (non-hydrogen) atoms. The van der Waals surface area contributed by atoms with E-state index in [-0.39, 0.29) is 18.2 Å². The molecule has 6 nitrogen and oxygen atoms in total. The van der Waals surface area contributed by atoms with Crippen molar-refractivity contribution in [2.75, 3.05) is 32.1 Å². The van der Waals surface area contributed by atoms with E-state index in [4.69, 9.17) is 9.72 Å². The summed E-state index contributed by atoms with van der Waals surface area (Å²) >= 11 is 0. The molecule has 3 heterocycles. The van der Waals surface area contributed by atoms with Crippen LogP contribution in [0.25, 0.3) is 0 Å². The summed E-state index contributed by atoms with van der Waals surface area (Å²) in [6.45, 7) is 2.72. The first-order valence-corrected chi connectivity index (χ1v) is 11.6. The lowest BCUT2D eigenvalue weighted by Crippen LogP contribution is -2.48. The van der Waals surface area contributed by atoms with Gasteiger partial charge in [-0.25, -0.2) is 9.37 Å². The first-order chi connectivity index (χ1) is 15.5. The maximum Gasteiger partial charge on any atom is 0.305 e. The number of carboxylic acids is 1. The molecule has 7 heteroatoms. The minimum atomic E-state index is -0.873. The van der Waals surface area contributed by atoms with E-state index in [1.54, 1.807) is 12.1 Å². The molecule has 2 aliphatic rings. The molecule has 1 atom stereocenters. The normalized spacial score (nSPS) is 17.2. The predicted molar refractivity (Wildman–Crippen MR) is 122 cm³/mol. The number of carboxylic acid groups (broad SMARTS) is 1. The number of aliphatic carboxylic acids is 1. The molecular formula is C25H32FN3O3. The van der Waals surface area contributed by atoms with Crippen LogP contribution in [0.3, 0.4) is 0 Å². The molecule has 0 amide bonds. The number of carbonyl (C=O) groups is 1. The number of hydrogen-bond donors (Lipinski definition) is 2. The second-order valence-corrected chi connectivity index (χ2v) is 8.91. The number of methoxy groups -OCH3 is 1. The van der Waals surface area contributed by atoms with E-state index in [1.165, 1.54) is 25.2 Å². The van der Waals surface area contributed by atoms with Gasteiger partial charge in [-0.2, -0.15) is 0 Å². The van der Waals surface area contributed by atoms with Crippen LogP contribution in [0, 0.1) is 11.7 Å². The van der Waals surface area contributed by atoms with E-state index in [0.717, 1.165) is 63.3 Å². The van der Waals surface area contributed by atoms with Crippen molar-refractivity contribution in [3.05, 3.63) is 53.0 Å². The predicted octanol–water partition coefficient (Wildman–Crippen LogP) is 4.45. The van der Waals surface area contributed by atoms with Crippen LogP contribution >= 0.6 is 0 Å². The van der Waals surface area contributed by atoms with E-state index in [9.17, 15) is 14.3 Å². The minimum Gasteiger partial charge on any atom is -0.494 e. The molecule has 0 bridgehead atoms. The van der Waals surface area contributed by atoms with Gasteiger partial charge in [0.15, 0.2) is 11.6 Å². The molecule has 1 aromatic carbocycles. The maximum atomic E-state index is 14.1. The number of pyridine rings is 1. The Kier molecular flexibility index (Phi) is 7.25. The molecule has 2 N–H and O–H groups in total. The van der Waals surface area contributed by atoms with Gasteiger partial charge in [0.25, 0.3) is 0 Å². The van der Waals surface area contributed by atoms with Crippen molar-refractivity contribution in [3.63, 3.8) is 0 Å². The number of aryl methyl sites for hydroxylation is 2. The molecule has 0 saturated carbocycles. The van der Waals surface area contributed by atoms with Gasteiger partial charge in [0.2, 0.25) is 0 Å². The van der Waals surface area contributed by atoms with E-state index < -0.39 is 11.8 Å². The summed E-state index contributed by atoms with van der Waals surface area (Å²) in [6, 6.07) is 8.79. The van der Waals surface area contributed by atoms with Crippen LogP contribution in [0.4, 0.5) is 10.2 Å². The molecular weight excluding hydrogens is 409 g/mol. The van der Waals surface area contributed by atoms with Crippen LogP contribution in [-0.2, 0) is 17.6 Å². The molecule has 4 rings (SSSR count). The van der Waals surface area contributed by atoms with Crippen molar-refractivity contribution in [2.24, 2.45) is 5.92 Å². The summed E-state index contributed by atoms with van der Waals surface area (Å²) in [7, 11) is 1.42. The second kappa shape index (κ2) is 10.3. The number of unbranched alkanes of at least 4 members (excludes halogenated alkanes) is 1. The zero-order valence-electron chi connectivity index (χ0n) is 18.6. The summed E-state index contributed by atoms with van der Waals surface area (Å²) < 4.78 is 19.1. The number of nitrogens with zero attached hydrogens (tertiary/aromatic N) is 2. The number of ether oxygens (including phenoxy) is 1. The fourth-order valence-electron chi connectivity index (χ4n) is 4.81. The molecule has 1 aromatic heterocycles. The van der Waals surface area contributed by atoms with E-state index in [2.05, 4.69) is 22.3 Å². The molecule has 0 aliphatic carbocycles. The minimum absolute atomic E-state index is 0.0312. The van der Waals surface area contributed by atoms with Crippen LogP contribution in [0.15, 0.2) is 30.3 Å². The second-order valence-electron chi connectivity index (χ2n) is 8.91. The highest BCUT2D eigenvalue weighted by atomic mass is 19.1. The number of anilines is 1. The zero-order chi connectivity index (χ0) is 22.5. The number of halogens is 1. The molecule has 2 aliphatic heterocycles. The van der Waals surface area contributed by atoms with Crippen molar-refractivity contribution in [1.29, 1.82) is 0 Å². The van der Waals surface area contributed by atoms with E-state index in [1.807, 2.05) is 0 Å². The Balaban J connectivity index is 1.24. The van der Waals surface area contributed by atoms with Gasteiger partial charge in [0.05, 0.1) is 13.5 Å². The smallest absolute Gasteiger partial charge is 0.305 e. The van der Waals surface area contributed by atoms with Crippen LogP contribution in [-0.4, -0.2) is 47.7 Å². The highest BCUT2D eigenvalue weighted by Crippen LogP contribution is 2.35. The third-order valence-electron chi connectivity index (χ3n) is 6.60. The molecule has 1 fully saturated rings. The van der Waals surface area contributed by atoms with E-state index >= 15 is 0 Å². The lowest BCUT2D eigenvalue weighted by molar-refractivity contribution is -0.139. The molecule has 2 aromatic rings. The van der Waals surface area contributed by atoms with Crippen LogP contribution in [0.1, 0.15) is 55.0 Å². The number of hydrogen-bond acceptors (Lipinski definition) is 5. The van der Waals surface area contributed by atoms with Gasteiger partial charge in [-0.05, 0) is 67.3 Å². The third-order valence-corrected chi connectivity index (χ3v) is 6.60. The first kappa shape index (κ1) is 22.5. The van der Waals surface area contributed by atoms with Gasteiger partial charge in [-0.1, -0.05) is 18.6 Å². The lowest BCUT2D eigenvalue weighted by Gasteiger charge is -2.44. The Labute approximate surface area is 188 Å². The number of likely N-dealkylation sites (tertiary alicyclic amines) is 1. The van der Waals surface area contributed by atoms with Gasteiger partial charge < -0.3 is 15.2 Å². The Morgan fingerprint density at radius 1 is 1.31 bits per heavy atom. The van der Waals surface area contributed by atoms with Gasteiger partial charge in [0, 0.05) is 31.4 Å². The van der Waals surface area contributed by atoms with E-state index in [0.29, 0.717) is 11.5 Å². The van der Waals surface area contributed by atoms with Crippen molar-refractivity contribution in [1.82, 2.24) is 9.88 Å². The molecule has 0 radical (unpaired) electrons. The van der Waals surface area contributed by atoms with Crippen molar-refractivity contribution in [3.8, 4) is 5.75 Å². The lowest BCUT2D eigenvalue weighted by atomic mass is 9.89. The van der Waals surface area contributed by atoms with Crippen molar-refractivity contribution < 1.29 is 19.0 Å². The number of aromatic nitrogens is 1. The molecule has 0 spiro atoms. The Morgan fingerprint density at radius 3 is 2.91 bits per heavy atom. The van der Waals surface area contributed by atoms with Crippen LogP contribution in [0.5, 0.6) is 5.75 Å². The maximum absolute atomic E-state index is 14.1. The van der Waals surface area contributed by atoms with Crippen LogP contribution in [0.2, 0.25) is 0 Å². The number of benzene rings is 1. The van der Waals surface area contributed by atoms with Gasteiger partial charge >= 0.3 is 5.97 Å². The Bertz CT molecular complexity index is 946. The highest BCUT2D eigenvalue weighted by Gasteiger charge is 2.34. The molecule has 0 unspecified atom stereocenters. The first-order valence-electron chi connectivity index (χ1n) is 11.6. The van der Waals surface area contributed by atoms with Crippen LogP contribution < -0.4 is 10.1 Å². The fraction of sp³-hybridized carbons (Fsp3) is 0.520. The monoisotopic (exact) mass is 441 g/mol. The summed E-state index contributed by atoms with van der Waals surface area (Å²) in [6.07, 6.45) is 6.59. The van der Waals surface area contributed by atoms with Crippen molar-refractivity contribution >= 4 is 11.8 Å². The highest BCUT2D eigenvalue weighted by molar-refractivity contribution is 5.68. The van der Waals surface area contributed by atoms with Crippen molar-refractivity contribution in [2.45, 2.75) is 51.0 Å². The topological polar surface area (TPSA) is 74.7 Å². The van der Waals surface area contributed by atoms with Gasteiger partial charge in [-0.3, -0.25) is 9.69 Å².